The van der Waals surface area contributed by atoms with Crippen LogP contribution in [0.25, 0.3) is 21.8 Å². The molecule has 48 heteroatoms. The number of nitrogens with one attached hydrogen (secondary N) is 13. The number of aliphatic carboxylic acids is 5. The van der Waals surface area contributed by atoms with E-state index in [1.54, 1.807) is 116 Å². The van der Waals surface area contributed by atoms with E-state index in [2.05, 4.69) is 73.4 Å². The molecule has 826 valence electrons. The van der Waals surface area contributed by atoms with Crippen LogP contribution in [0.5, 0.6) is 0 Å². The zero-order valence-electron chi connectivity index (χ0n) is 86.5. The quantitative estimate of drug-likeness (QED) is 0.0196. The average Bonchev–Trinajstić information content (AvgIpc) is 1.64. The number of thioether (sulfide) groups is 2. The van der Waals surface area contributed by atoms with Gasteiger partial charge < -0.3 is 113 Å². The molecular weight excluding hydrogens is 2010 g/mol. The van der Waals surface area contributed by atoms with Gasteiger partial charge in [-0.1, -0.05) is 102 Å². The van der Waals surface area contributed by atoms with Crippen LogP contribution in [0.2, 0.25) is 5.02 Å². The predicted molar refractivity (Wildman–Crippen MR) is 561 cm³/mol. The van der Waals surface area contributed by atoms with Crippen LogP contribution < -0.4 is 58.5 Å². The number of carboxylic acids is 5. The van der Waals surface area contributed by atoms with E-state index in [-0.39, 0.29) is 180 Å². The molecule has 5 heterocycles. The van der Waals surface area contributed by atoms with Crippen LogP contribution in [0.3, 0.4) is 0 Å². The van der Waals surface area contributed by atoms with Crippen molar-refractivity contribution in [2.75, 3.05) is 156 Å². The zero-order chi connectivity index (χ0) is 110. The van der Waals surface area contributed by atoms with Crippen LogP contribution in [0.1, 0.15) is 155 Å². The second kappa shape index (κ2) is 63.8. The number of rotatable bonds is 52. The van der Waals surface area contributed by atoms with Crippen LogP contribution in [0.15, 0.2) is 84.1 Å². The Hall–Kier alpha value is -12.2. The third-order valence-electron chi connectivity index (χ3n) is 25.5. The molecule has 2 bridgehead atoms. The number of aromatic amines is 2. The van der Waals surface area contributed by atoms with Gasteiger partial charge in [0.2, 0.25) is 70.9 Å². The van der Waals surface area contributed by atoms with Gasteiger partial charge in [0, 0.05) is 186 Å². The molecule has 13 amide bonds. The second-order valence-electron chi connectivity index (χ2n) is 39.1. The van der Waals surface area contributed by atoms with E-state index in [1.165, 1.54) is 11.8 Å². The first-order valence-corrected chi connectivity index (χ1v) is 53.6. The lowest BCUT2D eigenvalue weighted by molar-refractivity contribution is -0.145. The second-order valence-corrected chi connectivity index (χ2v) is 41.6. The average molecular weight is 2160 g/mol. The van der Waals surface area contributed by atoms with E-state index in [4.69, 9.17) is 25.8 Å². The highest BCUT2D eigenvalue weighted by atomic mass is 35.5. The minimum atomic E-state index is -1.84. The first kappa shape index (κ1) is 123. The van der Waals surface area contributed by atoms with Crippen molar-refractivity contribution in [3.8, 4) is 0 Å². The first-order valence-electron chi connectivity index (χ1n) is 50.9. The first-order chi connectivity index (χ1) is 71.5. The van der Waals surface area contributed by atoms with Crippen molar-refractivity contribution in [2.45, 2.75) is 211 Å². The van der Waals surface area contributed by atoms with Gasteiger partial charge in [0.1, 0.15) is 53.9 Å². The maximum atomic E-state index is 15.2. The molecular formula is C102H148ClN19O26S2. The van der Waals surface area contributed by atoms with Crippen LogP contribution in [0, 0.1) is 23.7 Å². The lowest BCUT2D eigenvalue weighted by Crippen LogP contribution is -2.62. The number of amides is 13. The summed E-state index contributed by atoms with van der Waals surface area (Å²) in [6, 6.07) is 7.95. The van der Waals surface area contributed by atoms with Gasteiger partial charge in [-0.25, -0.2) is 4.99 Å². The van der Waals surface area contributed by atoms with Crippen molar-refractivity contribution < 1.29 is 126 Å². The molecule has 18 N–H and O–H groups in total. The zero-order valence-corrected chi connectivity index (χ0v) is 88.9. The van der Waals surface area contributed by atoms with Gasteiger partial charge >= 0.3 is 29.8 Å². The molecule has 2 aromatic heterocycles. The lowest BCUT2D eigenvalue weighted by atomic mass is 9.95. The summed E-state index contributed by atoms with van der Waals surface area (Å²) in [5.41, 5.74) is 2.74. The summed E-state index contributed by atoms with van der Waals surface area (Å²) in [5.74, 6) is -17.2. The summed E-state index contributed by atoms with van der Waals surface area (Å²) in [4.78, 5) is 266. The Labute approximate surface area is 885 Å². The van der Waals surface area contributed by atoms with E-state index < -0.39 is 192 Å². The molecule has 0 spiro atoms. The highest BCUT2D eigenvalue weighted by Crippen LogP contribution is 2.29. The third kappa shape index (κ3) is 43.6. The number of likely N-dealkylation sites (tertiary alicyclic amines) is 1. The fourth-order valence-electron chi connectivity index (χ4n) is 17.2. The number of halogens is 1. The summed E-state index contributed by atoms with van der Waals surface area (Å²) in [6.45, 7) is 17.2. The number of hydrogen-bond donors (Lipinski definition) is 18. The largest absolute Gasteiger partial charge is 0.481 e. The van der Waals surface area contributed by atoms with Gasteiger partial charge in [0.25, 0.3) is 5.91 Å². The standard InChI is InChI=1S/C102H148ClN19O26S2/c1-9-65(6)91-99(143)117-102(7,8)101(145)106-29-45-149-60-66-16-12-17-67(48-66)61-150-62-81(97(141)113-78(47-64(4)5)96(140)116-91)115-93(137)76(23-26-86(126)127)111-94(138)77(46-63(2)3)112-92(136)70(49-68-53-108-75-22-21-71(103)51-73(68)75)55-109-98(142)82-20-13-30-122(82)100(144)80(52-87(128)129)114-95(139)79(50-69-54-107-74-19-11-10-18-72(69)74)110-84(124)25-24-83(123)104-27-14-39-146-41-43-148-44-42-147-40-15-28-105-85(125)56-118-31-33-119(57-88(130)131)35-37-121(59-90(134)135)38-36-120(34-32-118)58-89(132)133/h10-12,16-19,21-22,48,51,53-55,63-65,70,76-82,91,107-108H,9,13-15,20,23-47,49-50,52,56-62H2,1-8H3,(H,104,123)(H,105,125)(H,106,145)(H,110,124)(H,111,138)(H,112,136)(H,113,141)(H,114,139)(H,115,137)(H,116,140)(H,117,143)(H,126,127)(H,128,129)(H,130,131)(H,132,133)(H,134,135)/b109-55+/t65-,70?,76-,77+,78?,79-,80-,81-,82-,91?/m0/s1. The Morgan fingerprint density at radius 2 is 1.10 bits per heavy atom. The maximum absolute atomic E-state index is 15.2. The Morgan fingerprint density at radius 1 is 0.547 bits per heavy atom. The van der Waals surface area contributed by atoms with Crippen molar-refractivity contribution in [3.05, 3.63) is 106 Å². The van der Waals surface area contributed by atoms with E-state index >= 15 is 14.4 Å². The highest BCUT2D eigenvalue weighted by Gasteiger charge is 2.43. The number of nitrogens with zero attached hydrogens (tertiary/aromatic N) is 6. The number of aliphatic imine (C=N–C) groups is 1. The monoisotopic (exact) mass is 2150 g/mol. The summed E-state index contributed by atoms with van der Waals surface area (Å²) in [7, 11) is 0. The summed E-state index contributed by atoms with van der Waals surface area (Å²) >= 11 is 9.35. The van der Waals surface area contributed by atoms with Gasteiger partial charge in [0.05, 0.1) is 64.9 Å². The Morgan fingerprint density at radius 3 is 1.69 bits per heavy atom. The van der Waals surface area contributed by atoms with Crippen LogP contribution in [-0.2, 0) is 125 Å². The van der Waals surface area contributed by atoms with Gasteiger partial charge in [-0.3, -0.25) is 106 Å². The van der Waals surface area contributed by atoms with E-state index in [9.17, 15) is 97.5 Å². The third-order valence-corrected chi connectivity index (χ3v) is 27.8. The number of benzene rings is 3. The number of carboxylic acid groups (broad SMARTS) is 5. The molecule has 10 atom stereocenters. The van der Waals surface area contributed by atoms with Gasteiger partial charge in [-0.05, 0) is 129 Å². The van der Waals surface area contributed by atoms with Crippen LogP contribution in [0.4, 0.5) is 0 Å². The van der Waals surface area contributed by atoms with Gasteiger partial charge in [-0.15, -0.1) is 0 Å². The molecule has 150 heavy (non-hydrogen) atoms. The summed E-state index contributed by atoms with van der Waals surface area (Å²) in [6.07, 6.45) is 2.40. The van der Waals surface area contributed by atoms with Gasteiger partial charge in [0.15, 0.2) is 0 Å². The Balaban J connectivity index is 0.871. The molecule has 3 aromatic carbocycles. The van der Waals surface area contributed by atoms with Crippen LogP contribution in [-0.4, -0.2) is 383 Å². The molecule has 45 nitrogen and oxygen atoms in total. The van der Waals surface area contributed by atoms with Crippen molar-refractivity contribution in [1.82, 2.24) is 93.0 Å². The highest BCUT2D eigenvalue weighted by molar-refractivity contribution is 7.98. The van der Waals surface area contributed by atoms with Gasteiger partial charge in [-0.2, -0.15) is 23.5 Å². The number of H-pyrrole nitrogens is 2. The maximum Gasteiger partial charge on any atom is 0.317 e. The lowest BCUT2D eigenvalue weighted by Gasteiger charge is -2.32. The minimum Gasteiger partial charge on any atom is -0.481 e. The number of carbonyl (C=O) groups is 18. The number of hydrogen-bond acceptors (Lipinski definition) is 27. The fraction of sp³-hybridized carbons (Fsp3) is 0.598. The normalized spacial score (nSPS) is 18.8. The Bertz CT molecular complexity index is 5380. The molecule has 2 fully saturated rings. The van der Waals surface area contributed by atoms with E-state index in [0.717, 1.165) is 22.2 Å². The summed E-state index contributed by atoms with van der Waals surface area (Å²) in [5, 5.41) is 80.9. The molecule has 5 aromatic rings. The van der Waals surface area contributed by atoms with Crippen molar-refractivity contribution >= 4 is 170 Å². The number of ether oxygens (including phenoxy) is 3. The SMILES string of the molecule is CC[C@H](C)C1NC(=O)C(CC(C)C)NC(=O)[C@@H](NC(=O)[C@H](CCC(=O)O)NC(=O)[C@@H](CC(C)C)NC(=O)C(/C=N/C(=O)[C@@H]2CCCN2C(=O)[C@H](CC(=O)O)NC(=O)[C@H](Cc2c[nH]c3ccccc23)NC(=O)CCC(=O)NCCCOCCOCCOCCCNC(=O)CN2CCN(CC(=O)O)CCN(CC(=O)O)CCN(CC(=O)O)CC2)Cc2c[nH]c3ccc(Cl)cc23)CSCc2cccc(c2)CSCCNC(=O)C(C)(C)NC1=O. The predicted octanol–water partition coefficient (Wildman–Crippen LogP) is 2.67. The fourth-order valence-corrected chi connectivity index (χ4v) is 19.2. The molecule has 0 aliphatic carbocycles. The number of para-hydroxylation sites is 1. The van der Waals surface area contributed by atoms with Crippen molar-refractivity contribution in [2.24, 2.45) is 28.7 Å². The minimum absolute atomic E-state index is 0.0125. The summed E-state index contributed by atoms with van der Waals surface area (Å²) < 4.78 is 16.9. The molecule has 0 saturated carbocycles. The van der Waals surface area contributed by atoms with Crippen LogP contribution >= 0.6 is 35.1 Å². The molecule has 2 saturated heterocycles. The topological polar surface area (TPSA) is 629 Å². The molecule has 8 rings (SSSR count). The molecule has 0 radical (unpaired) electrons. The Kier molecular flexibility index (Phi) is 52.3. The number of aromatic nitrogens is 2. The number of carbonyl (C=O) groups excluding carboxylic acids is 13. The molecule has 3 aliphatic rings. The number of fused-ring (bicyclic) bond motifs is 4. The van der Waals surface area contributed by atoms with E-state index in [0.29, 0.717) is 107 Å². The van der Waals surface area contributed by atoms with Crippen molar-refractivity contribution in [3.63, 3.8) is 0 Å². The van der Waals surface area contributed by atoms with E-state index in [1.807, 2.05) is 49.9 Å². The molecule has 3 unspecified atom stereocenters. The molecule has 3 aliphatic heterocycles. The van der Waals surface area contributed by atoms with Crippen molar-refractivity contribution in [1.29, 1.82) is 0 Å². The smallest absolute Gasteiger partial charge is 0.317 e.